The largest absolute Gasteiger partial charge is 0.468 e. The highest BCUT2D eigenvalue weighted by Crippen LogP contribution is 2.37. The molecular weight excluding hydrogens is 206 g/mol. The van der Waals surface area contributed by atoms with Gasteiger partial charge in [0.1, 0.15) is 6.04 Å². The van der Waals surface area contributed by atoms with Crippen LogP contribution in [0.2, 0.25) is 0 Å². The summed E-state index contributed by atoms with van der Waals surface area (Å²) >= 11 is 0. The van der Waals surface area contributed by atoms with Crippen molar-refractivity contribution in [1.82, 2.24) is 4.90 Å². The second kappa shape index (κ2) is 5.15. The average molecular weight is 227 g/mol. The van der Waals surface area contributed by atoms with E-state index in [1.807, 2.05) is 0 Å². The van der Waals surface area contributed by atoms with Crippen LogP contribution in [0.3, 0.4) is 0 Å². The molecule has 92 valence electrons. The first-order valence-corrected chi connectivity index (χ1v) is 6.11. The van der Waals surface area contributed by atoms with Gasteiger partial charge in [-0.2, -0.15) is 0 Å². The number of nitrogens with zero attached hydrogens (tertiary/aromatic N) is 1. The van der Waals surface area contributed by atoms with Gasteiger partial charge in [0.15, 0.2) is 0 Å². The second-order valence-corrected chi connectivity index (χ2v) is 4.78. The van der Waals surface area contributed by atoms with Crippen molar-refractivity contribution in [3.05, 3.63) is 0 Å². The molecule has 0 amide bonds. The van der Waals surface area contributed by atoms with Crippen LogP contribution in [-0.4, -0.2) is 50.3 Å². The zero-order valence-electron chi connectivity index (χ0n) is 10.1. The zero-order valence-corrected chi connectivity index (χ0v) is 10.1. The van der Waals surface area contributed by atoms with E-state index < -0.39 is 0 Å². The van der Waals surface area contributed by atoms with Gasteiger partial charge in [-0.15, -0.1) is 0 Å². The Kier molecular flexibility index (Phi) is 3.82. The van der Waals surface area contributed by atoms with Crippen LogP contribution in [0.25, 0.3) is 0 Å². The first-order valence-electron chi connectivity index (χ1n) is 6.11. The van der Waals surface area contributed by atoms with E-state index in [2.05, 4.69) is 4.90 Å². The van der Waals surface area contributed by atoms with Gasteiger partial charge in [-0.3, -0.25) is 9.69 Å². The molecule has 2 rings (SSSR count). The Hall–Kier alpha value is -0.610. The average Bonchev–Trinajstić information content (AvgIpc) is 3.14. The van der Waals surface area contributed by atoms with Gasteiger partial charge < -0.3 is 9.47 Å². The molecule has 16 heavy (non-hydrogen) atoms. The lowest BCUT2D eigenvalue weighted by molar-refractivity contribution is -0.149. The van der Waals surface area contributed by atoms with E-state index >= 15 is 0 Å². The highest BCUT2D eigenvalue weighted by atomic mass is 16.5. The SMILES string of the molecule is COC(=O)C(C1CC1)N1CCC(OC)CC1. The fourth-order valence-electron chi connectivity index (χ4n) is 2.56. The Morgan fingerprint density at radius 2 is 1.81 bits per heavy atom. The van der Waals surface area contributed by atoms with Crippen molar-refractivity contribution in [3.63, 3.8) is 0 Å². The Balaban J connectivity index is 1.91. The zero-order chi connectivity index (χ0) is 11.5. The molecule has 0 aromatic heterocycles. The molecule has 1 aliphatic carbocycles. The van der Waals surface area contributed by atoms with Crippen molar-refractivity contribution >= 4 is 5.97 Å². The lowest BCUT2D eigenvalue weighted by atomic mass is 10.0. The van der Waals surface area contributed by atoms with Crippen LogP contribution in [0.1, 0.15) is 25.7 Å². The summed E-state index contributed by atoms with van der Waals surface area (Å²) in [6.07, 6.45) is 4.76. The van der Waals surface area contributed by atoms with E-state index in [9.17, 15) is 4.79 Å². The van der Waals surface area contributed by atoms with Crippen LogP contribution in [-0.2, 0) is 14.3 Å². The molecule has 0 aromatic carbocycles. The topological polar surface area (TPSA) is 38.8 Å². The maximum absolute atomic E-state index is 11.7. The van der Waals surface area contributed by atoms with Gasteiger partial charge in [-0.25, -0.2) is 0 Å². The van der Waals surface area contributed by atoms with Crippen molar-refractivity contribution in [2.45, 2.75) is 37.8 Å². The molecule has 1 heterocycles. The third kappa shape index (κ3) is 2.55. The molecule has 1 aliphatic heterocycles. The van der Waals surface area contributed by atoms with Crippen molar-refractivity contribution in [2.24, 2.45) is 5.92 Å². The normalized spacial score (nSPS) is 25.4. The van der Waals surface area contributed by atoms with Crippen LogP contribution in [0.4, 0.5) is 0 Å². The van der Waals surface area contributed by atoms with Gasteiger partial charge in [0, 0.05) is 20.2 Å². The van der Waals surface area contributed by atoms with E-state index in [4.69, 9.17) is 9.47 Å². The first kappa shape index (κ1) is 11.9. The quantitative estimate of drug-likeness (QED) is 0.673. The molecule has 0 aromatic rings. The smallest absolute Gasteiger partial charge is 0.323 e. The number of esters is 1. The van der Waals surface area contributed by atoms with Crippen molar-refractivity contribution in [3.8, 4) is 0 Å². The number of methoxy groups -OCH3 is 2. The molecule has 0 bridgehead atoms. The minimum Gasteiger partial charge on any atom is -0.468 e. The molecule has 0 spiro atoms. The van der Waals surface area contributed by atoms with Crippen molar-refractivity contribution < 1.29 is 14.3 Å². The number of piperidine rings is 1. The highest BCUT2D eigenvalue weighted by molar-refractivity contribution is 5.76. The maximum atomic E-state index is 11.7. The maximum Gasteiger partial charge on any atom is 0.323 e. The predicted molar refractivity (Wildman–Crippen MR) is 60.1 cm³/mol. The van der Waals surface area contributed by atoms with Crippen LogP contribution < -0.4 is 0 Å². The first-order chi connectivity index (χ1) is 7.76. The fourth-order valence-corrected chi connectivity index (χ4v) is 2.56. The summed E-state index contributed by atoms with van der Waals surface area (Å²) in [6.45, 7) is 1.91. The molecule has 0 N–H and O–H groups in total. The molecule has 0 radical (unpaired) electrons. The lowest BCUT2D eigenvalue weighted by Crippen LogP contribution is -2.48. The van der Waals surface area contributed by atoms with Gasteiger partial charge in [0.2, 0.25) is 0 Å². The Morgan fingerprint density at radius 1 is 1.19 bits per heavy atom. The van der Waals surface area contributed by atoms with Crippen LogP contribution in [0, 0.1) is 5.92 Å². The molecule has 4 heteroatoms. The monoisotopic (exact) mass is 227 g/mol. The number of carbonyl (C=O) groups is 1. The molecule has 2 fully saturated rings. The molecule has 1 saturated heterocycles. The molecule has 2 aliphatic rings. The number of carbonyl (C=O) groups excluding carboxylic acids is 1. The molecule has 4 nitrogen and oxygen atoms in total. The second-order valence-electron chi connectivity index (χ2n) is 4.78. The Morgan fingerprint density at radius 3 is 2.25 bits per heavy atom. The summed E-state index contributed by atoms with van der Waals surface area (Å²) in [6, 6.07) is 0.00260. The molecule has 1 unspecified atom stereocenters. The van der Waals surface area contributed by atoms with E-state index in [1.54, 1.807) is 7.11 Å². The molecular formula is C12H21NO3. The van der Waals surface area contributed by atoms with Crippen molar-refractivity contribution in [2.75, 3.05) is 27.3 Å². The molecule has 1 atom stereocenters. The summed E-state index contributed by atoms with van der Waals surface area (Å²) in [5.41, 5.74) is 0. The minimum atomic E-state index is -0.0571. The fraction of sp³-hybridized carbons (Fsp3) is 0.917. The van der Waals surface area contributed by atoms with E-state index in [0.717, 1.165) is 25.9 Å². The standard InChI is InChI=1S/C12H21NO3/c1-15-10-5-7-13(8-6-10)11(9-3-4-9)12(14)16-2/h9-11H,3-8H2,1-2H3. The third-order valence-corrected chi connectivity index (χ3v) is 3.71. The summed E-state index contributed by atoms with van der Waals surface area (Å²) < 4.78 is 10.2. The number of likely N-dealkylation sites (tertiary alicyclic amines) is 1. The highest BCUT2D eigenvalue weighted by Gasteiger charge is 2.41. The summed E-state index contributed by atoms with van der Waals surface area (Å²) in [7, 11) is 3.25. The lowest BCUT2D eigenvalue weighted by Gasteiger charge is -2.35. The number of hydrogen-bond donors (Lipinski definition) is 0. The molecule has 1 saturated carbocycles. The predicted octanol–water partition coefficient (Wildman–Crippen LogP) is 1.05. The number of ether oxygens (including phenoxy) is 2. The Bertz CT molecular complexity index is 245. The number of hydrogen-bond acceptors (Lipinski definition) is 4. The van der Waals surface area contributed by atoms with E-state index in [0.29, 0.717) is 12.0 Å². The van der Waals surface area contributed by atoms with Gasteiger partial charge in [0.25, 0.3) is 0 Å². The van der Waals surface area contributed by atoms with E-state index in [1.165, 1.54) is 20.0 Å². The minimum absolute atomic E-state index is 0.00260. The summed E-state index contributed by atoms with van der Waals surface area (Å²) in [4.78, 5) is 14.0. The summed E-state index contributed by atoms with van der Waals surface area (Å²) in [5, 5.41) is 0. The van der Waals surface area contributed by atoms with Gasteiger partial charge in [-0.05, 0) is 31.6 Å². The third-order valence-electron chi connectivity index (χ3n) is 3.71. The van der Waals surface area contributed by atoms with Crippen LogP contribution in [0.15, 0.2) is 0 Å². The van der Waals surface area contributed by atoms with Gasteiger partial charge >= 0.3 is 5.97 Å². The van der Waals surface area contributed by atoms with E-state index in [-0.39, 0.29) is 12.0 Å². The van der Waals surface area contributed by atoms with Gasteiger partial charge in [0.05, 0.1) is 13.2 Å². The van der Waals surface area contributed by atoms with Crippen LogP contribution >= 0.6 is 0 Å². The Labute approximate surface area is 96.9 Å². The van der Waals surface area contributed by atoms with Gasteiger partial charge in [-0.1, -0.05) is 0 Å². The van der Waals surface area contributed by atoms with Crippen molar-refractivity contribution in [1.29, 1.82) is 0 Å². The number of rotatable bonds is 4. The summed E-state index contributed by atoms with van der Waals surface area (Å²) in [5.74, 6) is 0.477. The van der Waals surface area contributed by atoms with Crippen LogP contribution in [0.5, 0.6) is 0 Å².